The highest BCUT2D eigenvalue weighted by Crippen LogP contribution is 2.38. The summed E-state index contributed by atoms with van der Waals surface area (Å²) in [6.07, 6.45) is 7.02. The van der Waals surface area contributed by atoms with E-state index in [2.05, 4.69) is 41.1 Å². The van der Waals surface area contributed by atoms with Crippen molar-refractivity contribution >= 4 is 0 Å². The average molecular weight is 425 g/mol. The van der Waals surface area contributed by atoms with Crippen molar-refractivity contribution in [2.75, 3.05) is 47.4 Å². The van der Waals surface area contributed by atoms with E-state index in [9.17, 15) is 0 Å². The minimum absolute atomic E-state index is 0.648. The first-order chi connectivity index (χ1) is 15.2. The van der Waals surface area contributed by atoms with Gasteiger partial charge in [-0.2, -0.15) is 0 Å². The average Bonchev–Trinajstić information content (AvgIpc) is 2.79. The second kappa shape index (κ2) is 10.4. The topological polar surface area (TPSA) is 34.2 Å². The third-order valence-corrected chi connectivity index (χ3v) is 6.75. The molecular formula is C26H36N2O3. The summed E-state index contributed by atoms with van der Waals surface area (Å²) in [7, 11) is 5.61. The quantitative estimate of drug-likeness (QED) is 0.709. The van der Waals surface area contributed by atoms with Crippen molar-refractivity contribution in [3.8, 4) is 23.0 Å². The maximum Gasteiger partial charge on any atom is 0.169 e. The zero-order valence-corrected chi connectivity index (χ0v) is 19.2. The highest BCUT2D eigenvalue weighted by molar-refractivity contribution is 5.50. The molecule has 2 aromatic carbocycles. The highest BCUT2D eigenvalue weighted by atomic mass is 16.5. The molecule has 2 aliphatic heterocycles. The molecule has 1 fully saturated rings. The van der Waals surface area contributed by atoms with Crippen molar-refractivity contribution in [2.24, 2.45) is 0 Å². The van der Waals surface area contributed by atoms with Crippen molar-refractivity contribution in [3.63, 3.8) is 0 Å². The predicted octanol–water partition coefficient (Wildman–Crippen LogP) is 4.77. The Hall–Kier alpha value is -2.24. The molecular weight excluding hydrogens is 388 g/mol. The van der Waals surface area contributed by atoms with Crippen LogP contribution in [0.25, 0.3) is 0 Å². The fourth-order valence-corrected chi connectivity index (χ4v) is 4.77. The van der Waals surface area contributed by atoms with Crippen molar-refractivity contribution < 1.29 is 14.2 Å². The molecule has 168 valence electrons. The molecule has 0 amide bonds. The maximum absolute atomic E-state index is 6.34. The molecule has 0 N–H and O–H groups in total. The summed E-state index contributed by atoms with van der Waals surface area (Å²) in [6, 6.07) is 13.3. The molecule has 0 saturated carbocycles. The lowest BCUT2D eigenvalue weighted by atomic mass is 9.97. The van der Waals surface area contributed by atoms with Gasteiger partial charge in [-0.1, -0.05) is 18.6 Å². The van der Waals surface area contributed by atoms with Crippen LogP contribution in [0.3, 0.4) is 0 Å². The Morgan fingerprint density at radius 1 is 0.774 bits per heavy atom. The number of methoxy groups -OCH3 is 2. The van der Waals surface area contributed by atoms with Gasteiger partial charge in [0.15, 0.2) is 23.0 Å². The molecule has 2 aromatic rings. The number of rotatable bonds is 3. The van der Waals surface area contributed by atoms with E-state index < -0.39 is 0 Å². The lowest BCUT2D eigenvalue weighted by Gasteiger charge is -2.38. The first-order valence-corrected chi connectivity index (χ1v) is 11.6. The van der Waals surface area contributed by atoms with Crippen LogP contribution in [0.4, 0.5) is 0 Å². The van der Waals surface area contributed by atoms with Gasteiger partial charge in [-0.15, -0.1) is 0 Å². The van der Waals surface area contributed by atoms with Gasteiger partial charge in [-0.25, -0.2) is 0 Å². The molecule has 0 aromatic heterocycles. The smallest absolute Gasteiger partial charge is 0.169 e. The Morgan fingerprint density at radius 2 is 1.39 bits per heavy atom. The van der Waals surface area contributed by atoms with Gasteiger partial charge >= 0.3 is 0 Å². The highest BCUT2D eigenvalue weighted by Gasteiger charge is 2.22. The van der Waals surface area contributed by atoms with E-state index in [4.69, 9.17) is 14.2 Å². The van der Waals surface area contributed by atoms with Crippen LogP contribution < -0.4 is 14.2 Å². The molecule has 5 heteroatoms. The lowest BCUT2D eigenvalue weighted by Crippen LogP contribution is -2.49. The SMILES string of the molecule is COc1ccc2cc1Oc1cc(ccc1OC)CCC(N1CCN(C)CC1)CCCC2. The Morgan fingerprint density at radius 3 is 2.00 bits per heavy atom. The van der Waals surface area contributed by atoms with Gasteiger partial charge < -0.3 is 19.1 Å². The van der Waals surface area contributed by atoms with Crippen molar-refractivity contribution in [1.82, 2.24) is 9.80 Å². The van der Waals surface area contributed by atoms with Gasteiger partial charge in [0.1, 0.15) is 0 Å². The Kier molecular flexibility index (Phi) is 7.36. The van der Waals surface area contributed by atoms with Gasteiger partial charge in [0.2, 0.25) is 0 Å². The number of hydrogen-bond donors (Lipinski definition) is 0. The molecule has 1 saturated heterocycles. The summed E-state index contributed by atoms with van der Waals surface area (Å²) < 4.78 is 17.5. The number of benzene rings is 2. The van der Waals surface area contributed by atoms with Crippen molar-refractivity contribution in [3.05, 3.63) is 47.5 Å². The van der Waals surface area contributed by atoms with E-state index in [0.29, 0.717) is 6.04 Å². The molecule has 31 heavy (non-hydrogen) atoms. The van der Waals surface area contributed by atoms with Crippen LogP contribution in [-0.2, 0) is 12.8 Å². The first kappa shape index (κ1) is 22.0. The number of nitrogens with zero attached hydrogens (tertiary/aromatic N) is 2. The van der Waals surface area contributed by atoms with Crippen molar-refractivity contribution in [2.45, 2.75) is 44.6 Å². The van der Waals surface area contributed by atoms with Crippen LogP contribution in [0.5, 0.6) is 23.0 Å². The first-order valence-electron chi connectivity index (χ1n) is 11.6. The molecule has 0 radical (unpaired) electrons. The van der Waals surface area contributed by atoms with E-state index in [1.807, 2.05) is 12.1 Å². The molecule has 2 aliphatic rings. The number of hydrogen-bond acceptors (Lipinski definition) is 5. The van der Waals surface area contributed by atoms with Crippen LogP contribution in [0.2, 0.25) is 0 Å². The Balaban J connectivity index is 1.60. The van der Waals surface area contributed by atoms with Crippen LogP contribution in [0.15, 0.2) is 36.4 Å². The minimum atomic E-state index is 0.648. The van der Waals surface area contributed by atoms with Gasteiger partial charge in [0, 0.05) is 32.2 Å². The Bertz CT molecular complexity index is 862. The molecule has 1 atom stereocenters. The molecule has 0 spiro atoms. The summed E-state index contributed by atoms with van der Waals surface area (Å²) in [5.74, 6) is 3.00. The maximum atomic E-state index is 6.34. The van der Waals surface area contributed by atoms with Gasteiger partial charge in [-0.3, -0.25) is 4.90 Å². The summed E-state index contributed by atoms with van der Waals surface area (Å²) in [5, 5.41) is 0. The minimum Gasteiger partial charge on any atom is -0.493 e. The zero-order chi connectivity index (χ0) is 21.6. The molecule has 0 aliphatic carbocycles. The number of likely N-dealkylation sites (N-methyl/N-ethyl adjacent to an activating group) is 1. The third kappa shape index (κ3) is 5.52. The number of piperazine rings is 1. The van der Waals surface area contributed by atoms with Gasteiger partial charge in [-0.05, 0) is 74.5 Å². The van der Waals surface area contributed by atoms with Crippen LogP contribution in [0.1, 0.15) is 36.8 Å². The van der Waals surface area contributed by atoms with E-state index in [0.717, 1.165) is 35.8 Å². The summed E-state index contributed by atoms with van der Waals surface area (Å²) in [4.78, 5) is 5.16. The fraction of sp³-hybridized carbons (Fsp3) is 0.538. The summed E-state index contributed by atoms with van der Waals surface area (Å²) >= 11 is 0. The van der Waals surface area contributed by atoms with Crippen LogP contribution in [-0.4, -0.2) is 63.3 Å². The van der Waals surface area contributed by atoms with Crippen LogP contribution in [0, 0.1) is 0 Å². The standard InChI is InChI=1S/C26H36N2O3/c1-27-14-16-28(17-15-27)22-7-5-4-6-20-9-12-23(29-2)25(18-20)31-26-19-21(8-11-22)10-13-24(26)30-3/h9-10,12-13,18-19,22H,4-8,11,14-17H2,1-3H3. The lowest BCUT2D eigenvalue weighted by molar-refractivity contribution is 0.101. The summed E-state index contributed by atoms with van der Waals surface area (Å²) in [5.41, 5.74) is 2.58. The van der Waals surface area contributed by atoms with Crippen molar-refractivity contribution in [1.29, 1.82) is 0 Å². The monoisotopic (exact) mass is 424 g/mol. The van der Waals surface area contributed by atoms with Crippen LogP contribution >= 0.6 is 0 Å². The van der Waals surface area contributed by atoms with Gasteiger partial charge in [0.25, 0.3) is 0 Å². The number of ether oxygens (including phenoxy) is 3. The molecule has 1 unspecified atom stereocenters. The fourth-order valence-electron chi connectivity index (χ4n) is 4.77. The van der Waals surface area contributed by atoms with E-state index in [1.54, 1.807) is 14.2 Å². The second-order valence-electron chi connectivity index (χ2n) is 8.85. The zero-order valence-electron chi connectivity index (χ0n) is 19.2. The number of fused-ring (bicyclic) bond motifs is 4. The number of aryl methyl sites for hydroxylation is 2. The largest absolute Gasteiger partial charge is 0.493 e. The normalized spacial score (nSPS) is 21.1. The third-order valence-electron chi connectivity index (χ3n) is 6.75. The molecule has 2 heterocycles. The van der Waals surface area contributed by atoms with E-state index in [1.165, 1.54) is 63.0 Å². The van der Waals surface area contributed by atoms with Gasteiger partial charge in [0.05, 0.1) is 14.2 Å². The summed E-state index contributed by atoms with van der Waals surface area (Å²) in [6.45, 7) is 4.71. The second-order valence-corrected chi connectivity index (χ2v) is 8.85. The van der Waals surface area contributed by atoms with E-state index >= 15 is 0 Å². The predicted molar refractivity (Wildman–Crippen MR) is 125 cm³/mol. The van der Waals surface area contributed by atoms with E-state index in [-0.39, 0.29) is 0 Å². The Labute approximate surface area is 186 Å². The molecule has 4 bridgehead atoms. The molecule has 5 nitrogen and oxygen atoms in total. The molecule has 4 rings (SSSR count).